The van der Waals surface area contributed by atoms with Crippen molar-refractivity contribution < 1.29 is 9.84 Å². The van der Waals surface area contributed by atoms with Crippen LogP contribution in [-0.2, 0) is 0 Å². The first-order valence-electron chi connectivity index (χ1n) is 6.66. The van der Waals surface area contributed by atoms with Crippen LogP contribution in [0.2, 0.25) is 0 Å². The van der Waals surface area contributed by atoms with Crippen molar-refractivity contribution in [2.45, 2.75) is 39.7 Å². The van der Waals surface area contributed by atoms with Gasteiger partial charge in [0.1, 0.15) is 18.5 Å². The van der Waals surface area contributed by atoms with E-state index in [4.69, 9.17) is 4.74 Å². The van der Waals surface area contributed by atoms with Crippen LogP contribution in [0.4, 0.5) is 0 Å². The van der Waals surface area contributed by atoms with Gasteiger partial charge >= 0.3 is 0 Å². The van der Waals surface area contributed by atoms with Gasteiger partial charge in [-0.2, -0.15) is 0 Å². The summed E-state index contributed by atoms with van der Waals surface area (Å²) in [5.41, 5.74) is 2.58. The minimum absolute atomic E-state index is 0.327. The van der Waals surface area contributed by atoms with Gasteiger partial charge in [-0.3, -0.25) is 0 Å². The van der Waals surface area contributed by atoms with Crippen molar-refractivity contribution in [1.82, 2.24) is 5.32 Å². The highest BCUT2D eigenvalue weighted by molar-refractivity contribution is 5.36. The van der Waals surface area contributed by atoms with E-state index < -0.39 is 6.10 Å². The van der Waals surface area contributed by atoms with Crippen LogP contribution >= 0.6 is 0 Å². The van der Waals surface area contributed by atoms with Gasteiger partial charge in [0.05, 0.1) is 0 Å². The third-order valence-electron chi connectivity index (χ3n) is 2.94. The number of benzene rings is 1. The molecule has 1 aromatic rings. The lowest BCUT2D eigenvalue weighted by molar-refractivity contribution is 0.107. The topological polar surface area (TPSA) is 41.5 Å². The van der Waals surface area contributed by atoms with Gasteiger partial charge in [-0.15, -0.1) is 0 Å². The molecule has 102 valence electrons. The first-order chi connectivity index (χ1) is 8.54. The van der Waals surface area contributed by atoms with Crippen LogP contribution in [-0.4, -0.2) is 30.9 Å². The Balaban J connectivity index is 2.51. The molecule has 0 aromatic heterocycles. The Bertz CT molecular complexity index is 364. The number of aryl methyl sites for hydroxylation is 1. The lowest BCUT2D eigenvalue weighted by atomic mass is 9.98. The normalized spacial score (nSPS) is 12.8. The van der Waals surface area contributed by atoms with Crippen molar-refractivity contribution in [3.63, 3.8) is 0 Å². The van der Waals surface area contributed by atoms with E-state index in [1.165, 1.54) is 11.1 Å². The fourth-order valence-electron chi connectivity index (χ4n) is 1.95. The molecule has 0 radical (unpaired) electrons. The average molecular weight is 251 g/mol. The van der Waals surface area contributed by atoms with Crippen LogP contribution in [0.15, 0.2) is 18.2 Å². The standard InChI is InChI=1S/C15H25NO2/c1-5-16-9-13(17)10-18-14-6-7-15(11(2)3)12(4)8-14/h6-8,11,13,16-17H,5,9-10H2,1-4H3. The third kappa shape index (κ3) is 4.67. The highest BCUT2D eigenvalue weighted by Crippen LogP contribution is 2.23. The lowest BCUT2D eigenvalue weighted by Crippen LogP contribution is -2.31. The van der Waals surface area contributed by atoms with Crippen molar-refractivity contribution in [3.05, 3.63) is 29.3 Å². The van der Waals surface area contributed by atoms with E-state index in [9.17, 15) is 5.11 Å². The van der Waals surface area contributed by atoms with Gasteiger partial charge in [-0.25, -0.2) is 0 Å². The lowest BCUT2D eigenvalue weighted by Gasteiger charge is -2.15. The molecule has 0 saturated heterocycles. The molecule has 0 spiro atoms. The zero-order chi connectivity index (χ0) is 13.5. The molecule has 3 nitrogen and oxygen atoms in total. The molecule has 1 aromatic carbocycles. The van der Waals surface area contributed by atoms with Crippen molar-refractivity contribution in [2.24, 2.45) is 0 Å². The van der Waals surface area contributed by atoms with E-state index in [2.05, 4.69) is 32.2 Å². The van der Waals surface area contributed by atoms with Gasteiger partial charge in [0.25, 0.3) is 0 Å². The molecule has 1 rings (SSSR count). The number of nitrogens with one attached hydrogen (secondary N) is 1. The quantitative estimate of drug-likeness (QED) is 0.782. The zero-order valence-corrected chi connectivity index (χ0v) is 11.9. The zero-order valence-electron chi connectivity index (χ0n) is 11.9. The summed E-state index contributed by atoms with van der Waals surface area (Å²) in [6, 6.07) is 6.11. The van der Waals surface area contributed by atoms with Crippen molar-refractivity contribution in [2.75, 3.05) is 19.7 Å². The molecule has 0 aliphatic heterocycles. The molecule has 0 heterocycles. The smallest absolute Gasteiger partial charge is 0.119 e. The summed E-state index contributed by atoms with van der Waals surface area (Å²) in [4.78, 5) is 0. The monoisotopic (exact) mass is 251 g/mol. The maximum absolute atomic E-state index is 9.67. The highest BCUT2D eigenvalue weighted by Gasteiger charge is 2.07. The second-order valence-corrected chi connectivity index (χ2v) is 4.95. The number of aliphatic hydroxyl groups excluding tert-OH is 1. The highest BCUT2D eigenvalue weighted by atomic mass is 16.5. The largest absolute Gasteiger partial charge is 0.491 e. The van der Waals surface area contributed by atoms with E-state index in [-0.39, 0.29) is 0 Å². The summed E-state index contributed by atoms with van der Waals surface area (Å²) < 4.78 is 5.59. The summed E-state index contributed by atoms with van der Waals surface area (Å²) in [6.45, 7) is 10.2. The van der Waals surface area contributed by atoms with Crippen LogP contribution in [0.5, 0.6) is 5.75 Å². The Morgan fingerprint density at radius 1 is 1.33 bits per heavy atom. The minimum atomic E-state index is -0.463. The number of rotatable bonds is 7. The Labute approximate surface area is 110 Å². The number of ether oxygens (including phenoxy) is 1. The molecule has 0 aliphatic carbocycles. The van der Waals surface area contributed by atoms with Gasteiger partial charge < -0.3 is 15.2 Å². The Kier molecular flexibility index (Phi) is 6.16. The molecule has 1 atom stereocenters. The van der Waals surface area contributed by atoms with E-state index in [0.717, 1.165) is 12.3 Å². The maximum Gasteiger partial charge on any atom is 0.119 e. The predicted molar refractivity (Wildman–Crippen MR) is 75.3 cm³/mol. The summed E-state index contributed by atoms with van der Waals surface area (Å²) in [6.07, 6.45) is -0.463. The molecule has 0 aliphatic rings. The van der Waals surface area contributed by atoms with Crippen LogP contribution in [0.25, 0.3) is 0 Å². The summed E-state index contributed by atoms with van der Waals surface area (Å²) in [7, 11) is 0. The molecule has 0 saturated carbocycles. The van der Waals surface area contributed by atoms with Crippen LogP contribution < -0.4 is 10.1 Å². The molecule has 3 heteroatoms. The van der Waals surface area contributed by atoms with Crippen molar-refractivity contribution in [1.29, 1.82) is 0 Å². The molecule has 0 bridgehead atoms. The number of likely N-dealkylation sites (N-methyl/N-ethyl adjacent to an activating group) is 1. The molecule has 18 heavy (non-hydrogen) atoms. The third-order valence-corrected chi connectivity index (χ3v) is 2.94. The molecule has 0 amide bonds. The molecule has 0 fully saturated rings. The van der Waals surface area contributed by atoms with E-state index >= 15 is 0 Å². The molecule has 1 unspecified atom stereocenters. The van der Waals surface area contributed by atoms with E-state index in [0.29, 0.717) is 19.1 Å². The summed E-state index contributed by atoms with van der Waals surface area (Å²) >= 11 is 0. The predicted octanol–water partition coefficient (Wildman–Crippen LogP) is 2.47. The Morgan fingerprint density at radius 3 is 2.61 bits per heavy atom. The first-order valence-corrected chi connectivity index (χ1v) is 6.66. The van der Waals surface area contributed by atoms with E-state index in [1.807, 2.05) is 19.1 Å². The minimum Gasteiger partial charge on any atom is -0.491 e. The van der Waals surface area contributed by atoms with Crippen LogP contribution in [0, 0.1) is 6.92 Å². The molecular weight excluding hydrogens is 226 g/mol. The Hall–Kier alpha value is -1.06. The number of hydrogen-bond donors (Lipinski definition) is 2. The van der Waals surface area contributed by atoms with Crippen LogP contribution in [0.1, 0.15) is 37.8 Å². The second-order valence-electron chi connectivity index (χ2n) is 4.95. The molecule has 2 N–H and O–H groups in total. The van der Waals surface area contributed by atoms with Gasteiger partial charge in [-0.05, 0) is 42.6 Å². The van der Waals surface area contributed by atoms with Gasteiger partial charge in [-0.1, -0.05) is 26.8 Å². The molecular formula is C15H25NO2. The average Bonchev–Trinajstić information content (AvgIpc) is 2.33. The SMILES string of the molecule is CCNCC(O)COc1ccc(C(C)C)c(C)c1. The summed E-state index contributed by atoms with van der Waals surface area (Å²) in [5, 5.41) is 12.8. The Morgan fingerprint density at radius 2 is 2.06 bits per heavy atom. The van der Waals surface area contributed by atoms with Gasteiger partial charge in [0.2, 0.25) is 0 Å². The van der Waals surface area contributed by atoms with E-state index in [1.54, 1.807) is 0 Å². The van der Waals surface area contributed by atoms with Crippen molar-refractivity contribution >= 4 is 0 Å². The fourth-order valence-corrected chi connectivity index (χ4v) is 1.95. The van der Waals surface area contributed by atoms with Crippen LogP contribution in [0.3, 0.4) is 0 Å². The number of aliphatic hydroxyl groups is 1. The van der Waals surface area contributed by atoms with Crippen molar-refractivity contribution in [3.8, 4) is 5.75 Å². The number of hydrogen-bond acceptors (Lipinski definition) is 3. The summed E-state index contributed by atoms with van der Waals surface area (Å²) in [5.74, 6) is 1.35. The maximum atomic E-state index is 9.67. The van der Waals surface area contributed by atoms with Gasteiger partial charge in [0, 0.05) is 6.54 Å². The van der Waals surface area contributed by atoms with Gasteiger partial charge in [0.15, 0.2) is 0 Å². The fraction of sp³-hybridized carbons (Fsp3) is 0.600. The first kappa shape index (κ1) is 15.0. The second kappa shape index (κ2) is 7.39.